The monoisotopic (exact) mass is 597 g/mol. The molecule has 0 saturated carbocycles. The van der Waals surface area contributed by atoms with E-state index in [1.165, 1.54) is 58.3 Å². The van der Waals surface area contributed by atoms with Gasteiger partial charge in [0.15, 0.2) is 5.76 Å². The van der Waals surface area contributed by atoms with Crippen molar-refractivity contribution in [3.05, 3.63) is 81.6 Å². The molecule has 0 bridgehead atoms. The molecule has 4 aromatic rings. The van der Waals surface area contributed by atoms with E-state index in [9.17, 15) is 23.3 Å². The number of carbonyl (C=O) groups is 1. The molecule has 4 rings (SSSR count). The average Bonchev–Trinajstić information content (AvgIpc) is 3.55. The molecule has 0 atom stereocenters. The number of nitrogens with zero attached hydrogens (tertiary/aromatic N) is 5. The smallest absolute Gasteiger partial charge is 0.400 e. The topological polar surface area (TPSA) is 139 Å². The number of aryl methyl sites for hydroxylation is 1. The number of thiazole rings is 1. The van der Waals surface area contributed by atoms with Crippen LogP contribution in [0.1, 0.15) is 49.4 Å². The first-order valence-corrected chi connectivity index (χ1v) is 15.2. The molecule has 0 aliphatic heterocycles. The first kappa shape index (κ1) is 30.0. The summed E-state index contributed by atoms with van der Waals surface area (Å²) in [5, 5.41) is 16.6. The maximum absolute atomic E-state index is 13.7. The number of anilines is 1. The number of fused-ring (bicyclic) bond motifs is 1. The zero-order chi connectivity index (χ0) is 29.9. The fraction of sp³-hybridized carbons (Fsp3) is 0.321. The van der Waals surface area contributed by atoms with Crippen molar-refractivity contribution in [2.75, 3.05) is 18.1 Å². The molecule has 0 spiro atoms. The second kappa shape index (κ2) is 12.3. The molecule has 0 radical (unpaired) electrons. The number of hydrazone groups is 1. The highest BCUT2D eigenvalue weighted by atomic mass is 32.2. The van der Waals surface area contributed by atoms with Crippen LogP contribution in [0.5, 0.6) is 0 Å². The number of sulfonamides is 1. The summed E-state index contributed by atoms with van der Waals surface area (Å²) in [7, 11) is -3.78. The highest BCUT2D eigenvalue weighted by Crippen LogP contribution is 2.31. The molecule has 1 amide bonds. The van der Waals surface area contributed by atoms with E-state index in [0.29, 0.717) is 18.6 Å². The van der Waals surface area contributed by atoms with E-state index in [1.807, 2.05) is 52.8 Å². The molecule has 2 aromatic carbocycles. The lowest BCUT2D eigenvalue weighted by Crippen LogP contribution is -2.37. The van der Waals surface area contributed by atoms with Crippen molar-refractivity contribution in [1.29, 1.82) is 0 Å². The summed E-state index contributed by atoms with van der Waals surface area (Å²) in [6.07, 6.45) is 1.19. The van der Waals surface area contributed by atoms with Gasteiger partial charge in [-0.2, -0.15) is 14.4 Å². The lowest BCUT2D eigenvalue weighted by atomic mass is 10.2. The Morgan fingerprint density at radius 2 is 1.73 bits per heavy atom. The first-order valence-electron chi connectivity index (χ1n) is 12.9. The first-order chi connectivity index (χ1) is 19.3. The van der Waals surface area contributed by atoms with E-state index in [1.54, 1.807) is 0 Å². The predicted octanol–water partition coefficient (Wildman–Crippen LogP) is 6.09. The Labute approximate surface area is 242 Å². The maximum atomic E-state index is 13.7. The Hall–Kier alpha value is -3.94. The SMILES string of the molecule is Cc1ccc2nc(N(/N=C/c3ccc([N+](=O)[O-])o3)C(=O)c3ccc(S(=O)(=O)N(CC(C)C)CC(C)C)cc3)sc2c1. The van der Waals surface area contributed by atoms with Crippen LogP contribution >= 0.6 is 11.3 Å². The van der Waals surface area contributed by atoms with Gasteiger partial charge in [-0.15, -0.1) is 0 Å². The highest BCUT2D eigenvalue weighted by molar-refractivity contribution is 7.89. The molecule has 0 aliphatic rings. The summed E-state index contributed by atoms with van der Waals surface area (Å²) in [6, 6.07) is 14.0. The Morgan fingerprint density at radius 1 is 1.07 bits per heavy atom. The van der Waals surface area contributed by atoms with Crippen LogP contribution in [0, 0.1) is 28.9 Å². The molecule has 0 fully saturated rings. The lowest BCUT2D eigenvalue weighted by Gasteiger charge is -2.25. The van der Waals surface area contributed by atoms with Crippen molar-refractivity contribution >= 4 is 54.7 Å². The summed E-state index contributed by atoms with van der Waals surface area (Å²) in [4.78, 5) is 28.6. The van der Waals surface area contributed by atoms with E-state index in [2.05, 4.69) is 10.1 Å². The van der Waals surface area contributed by atoms with Crippen molar-refractivity contribution in [2.45, 2.75) is 39.5 Å². The molecule has 0 aliphatic carbocycles. The number of hydrogen-bond acceptors (Lipinski definition) is 9. The number of furan rings is 1. The second-order valence-electron chi connectivity index (χ2n) is 10.4. The third kappa shape index (κ3) is 7.04. The van der Waals surface area contributed by atoms with Gasteiger partial charge >= 0.3 is 5.88 Å². The third-order valence-electron chi connectivity index (χ3n) is 5.88. The Kier molecular flexibility index (Phi) is 9.00. The zero-order valence-electron chi connectivity index (χ0n) is 23.3. The van der Waals surface area contributed by atoms with Gasteiger partial charge in [0.05, 0.1) is 27.4 Å². The Balaban J connectivity index is 1.69. The molecule has 0 unspecified atom stereocenters. The van der Waals surface area contributed by atoms with Crippen molar-refractivity contribution in [3.8, 4) is 0 Å². The van der Waals surface area contributed by atoms with E-state index in [-0.39, 0.29) is 33.2 Å². The third-order valence-corrected chi connectivity index (χ3v) is 8.72. The standard InChI is InChI=1S/C28H31N5O6S2/c1-18(2)16-31(17-19(3)4)41(37,38)23-10-7-21(8-11-23)27(34)32(29-15-22-9-13-26(39-22)33(35)36)28-30-24-12-6-20(5)14-25(24)40-28/h6-15,18-19H,16-17H2,1-5H3/b29-15+. The normalized spacial score (nSPS) is 12.3. The Morgan fingerprint density at radius 3 is 2.32 bits per heavy atom. The van der Waals surface area contributed by atoms with Crippen molar-refractivity contribution in [1.82, 2.24) is 9.29 Å². The summed E-state index contributed by atoms with van der Waals surface area (Å²) >= 11 is 1.25. The molecule has 2 aromatic heterocycles. The fourth-order valence-electron chi connectivity index (χ4n) is 4.05. The second-order valence-corrected chi connectivity index (χ2v) is 13.3. The van der Waals surface area contributed by atoms with E-state index >= 15 is 0 Å². The van der Waals surface area contributed by atoms with E-state index < -0.39 is 26.7 Å². The molecule has 11 nitrogen and oxygen atoms in total. The van der Waals surface area contributed by atoms with Gasteiger partial charge in [0.2, 0.25) is 15.2 Å². The van der Waals surface area contributed by atoms with Crippen molar-refractivity contribution < 1.29 is 22.6 Å². The van der Waals surface area contributed by atoms with Crippen LogP contribution in [0.4, 0.5) is 11.0 Å². The predicted molar refractivity (Wildman–Crippen MR) is 159 cm³/mol. The number of rotatable bonds is 11. The molecule has 41 heavy (non-hydrogen) atoms. The van der Waals surface area contributed by atoms with Gasteiger partial charge in [0.25, 0.3) is 5.91 Å². The van der Waals surface area contributed by atoms with Crippen LogP contribution < -0.4 is 5.01 Å². The quantitative estimate of drug-likeness (QED) is 0.116. The van der Waals surface area contributed by atoms with Crippen LogP contribution in [0.2, 0.25) is 0 Å². The van der Waals surface area contributed by atoms with E-state index in [4.69, 9.17) is 4.42 Å². The van der Waals surface area contributed by atoms with Crippen LogP contribution in [0.3, 0.4) is 0 Å². The number of benzene rings is 2. The summed E-state index contributed by atoms with van der Waals surface area (Å²) in [5.74, 6) is -0.667. The fourth-order valence-corrected chi connectivity index (χ4v) is 6.84. The number of amides is 1. The minimum Gasteiger partial charge on any atom is -0.400 e. The molecule has 216 valence electrons. The highest BCUT2D eigenvalue weighted by Gasteiger charge is 2.27. The maximum Gasteiger partial charge on any atom is 0.433 e. The number of nitro groups is 1. The Bertz CT molecular complexity index is 1680. The number of carbonyl (C=O) groups excluding carboxylic acids is 1. The lowest BCUT2D eigenvalue weighted by molar-refractivity contribution is -0.402. The van der Waals surface area contributed by atoms with Gasteiger partial charge in [-0.25, -0.2) is 13.4 Å². The number of aromatic nitrogens is 1. The van der Waals surface area contributed by atoms with Gasteiger partial charge < -0.3 is 4.42 Å². The van der Waals surface area contributed by atoms with Crippen molar-refractivity contribution in [3.63, 3.8) is 0 Å². The van der Waals surface area contributed by atoms with Crippen LogP contribution in [0.25, 0.3) is 10.2 Å². The van der Waals surface area contributed by atoms with Crippen molar-refractivity contribution in [2.24, 2.45) is 16.9 Å². The number of hydrogen-bond donors (Lipinski definition) is 0. The molecule has 0 saturated heterocycles. The minimum absolute atomic E-state index is 0.0725. The summed E-state index contributed by atoms with van der Waals surface area (Å²) in [5.41, 5.74) is 1.88. The zero-order valence-corrected chi connectivity index (χ0v) is 25.0. The van der Waals surface area contributed by atoms with Crippen LogP contribution in [-0.2, 0) is 10.0 Å². The molecule has 2 heterocycles. The van der Waals surface area contributed by atoms with Gasteiger partial charge in [-0.05, 0) is 66.8 Å². The van der Waals surface area contributed by atoms with Gasteiger partial charge in [-0.1, -0.05) is 45.1 Å². The van der Waals surface area contributed by atoms with Gasteiger partial charge in [0, 0.05) is 18.7 Å². The summed E-state index contributed by atoms with van der Waals surface area (Å²) in [6.45, 7) is 10.6. The van der Waals surface area contributed by atoms with E-state index in [0.717, 1.165) is 15.3 Å². The van der Waals surface area contributed by atoms with Gasteiger partial charge in [-0.3, -0.25) is 14.9 Å². The van der Waals surface area contributed by atoms with Crippen LogP contribution in [0.15, 0.2) is 69.0 Å². The molecular weight excluding hydrogens is 566 g/mol. The van der Waals surface area contributed by atoms with Gasteiger partial charge in [0.1, 0.15) is 4.92 Å². The minimum atomic E-state index is -3.78. The summed E-state index contributed by atoms with van der Waals surface area (Å²) < 4.78 is 34.3. The van der Waals surface area contributed by atoms with Crippen LogP contribution in [-0.4, -0.2) is 47.8 Å². The average molecular weight is 598 g/mol. The molecule has 0 N–H and O–H groups in total. The molecular formula is C28H31N5O6S2. The largest absolute Gasteiger partial charge is 0.433 e. The molecule has 13 heteroatoms.